The first-order valence-electron chi connectivity index (χ1n) is 8.18. The van der Waals surface area contributed by atoms with Crippen LogP contribution in [0.25, 0.3) is 0 Å². The molecule has 1 N–H and O–H groups in total. The van der Waals surface area contributed by atoms with E-state index < -0.39 is 34.2 Å². The zero-order chi connectivity index (χ0) is 20.9. The lowest BCUT2D eigenvalue weighted by Crippen LogP contribution is -2.37. The minimum Gasteiger partial charge on any atom is -0.494 e. The van der Waals surface area contributed by atoms with Crippen LogP contribution < -0.4 is 14.4 Å². The molecule has 2 aromatic rings. The molecule has 0 bridgehead atoms. The Kier molecular flexibility index (Phi) is 6.55. The van der Waals surface area contributed by atoms with Crippen molar-refractivity contribution in [2.75, 3.05) is 29.0 Å². The average molecular weight is 416 g/mol. The number of anilines is 2. The van der Waals surface area contributed by atoms with Gasteiger partial charge in [-0.3, -0.25) is 9.10 Å². The molecule has 0 spiro atoms. The Morgan fingerprint density at radius 3 is 2.11 bits per heavy atom. The number of sulfonamides is 1. The van der Waals surface area contributed by atoms with E-state index in [1.807, 2.05) is 6.92 Å². The predicted octanol–water partition coefficient (Wildman–Crippen LogP) is 3.51. The van der Waals surface area contributed by atoms with Crippen LogP contribution in [0.3, 0.4) is 0 Å². The molecule has 1 amide bonds. The maximum atomic E-state index is 12.7. The predicted molar refractivity (Wildman–Crippen MR) is 99.9 cm³/mol. The summed E-state index contributed by atoms with van der Waals surface area (Å²) < 4.78 is 68.1. The maximum Gasteiger partial charge on any atom is 0.416 e. The number of hydrogen-bond acceptors (Lipinski definition) is 4. The second-order valence-corrected chi connectivity index (χ2v) is 7.73. The third-order valence-electron chi connectivity index (χ3n) is 3.62. The van der Waals surface area contributed by atoms with Crippen molar-refractivity contribution in [2.24, 2.45) is 0 Å². The number of alkyl halides is 3. The molecule has 0 aliphatic rings. The fourth-order valence-electron chi connectivity index (χ4n) is 2.35. The number of amides is 1. The lowest BCUT2D eigenvalue weighted by molar-refractivity contribution is -0.137. The van der Waals surface area contributed by atoms with Crippen LogP contribution in [0, 0.1) is 0 Å². The van der Waals surface area contributed by atoms with E-state index in [1.165, 1.54) is 0 Å². The van der Waals surface area contributed by atoms with Crippen LogP contribution in [-0.4, -0.2) is 33.7 Å². The van der Waals surface area contributed by atoms with Gasteiger partial charge in [-0.05, 0) is 55.5 Å². The number of rotatable bonds is 7. The molecule has 0 atom stereocenters. The summed E-state index contributed by atoms with van der Waals surface area (Å²) in [4.78, 5) is 12.3. The SMILES string of the molecule is CCOc1ccc(NC(=O)CN(c2ccc(C(F)(F)F)cc2)S(C)(=O)=O)cc1. The highest BCUT2D eigenvalue weighted by atomic mass is 32.2. The number of halogens is 3. The number of ether oxygens (including phenoxy) is 1. The molecular weight excluding hydrogens is 397 g/mol. The van der Waals surface area contributed by atoms with Gasteiger partial charge in [-0.2, -0.15) is 13.2 Å². The number of carbonyl (C=O) groups excluding carboxylic acids is 1. The van der Waals surface area contributed by atoms with E-state index in [9.17, 15) is 26.4 Å². The van der Waals surface area contributed by atoms with Crippen LogP contribution in [0.5, 0.6) is 5.75 Å². The summed E-state index contributed by atoms with van der Waals surface area (Å²) >= 11 is 0. The molecule has 0 fully saturated rings. The van der Waals surface area contributed by atoms with Crippen molar-refractivity contribution in [1.82, 2.24) is 0 Å². The maximum absolute atomic E-state index is 12.7. The summed E-state index contributed by atoms with van der Waals surface area (Å²) in [6, 6.07) is 10.0. The highest BCUT2D eigenvalue weighted by Gasteiger charge is 2.30. The molecule has 0 unspecified atom stereocenters. The minimum absolute atomic E-state index is 0.0441. The molecule has 0 saturated carbocycles. The Balaban J connectivity index is 2.15. The Bertz CT molecular complexity index is 911. The molecule has 2 aromatic carbocycles. The number of hydrogen-bond donors (Lipinski definition) is 1. The molecular formula is C18H19F3N2O4S. The molecule has 0 aliphatic carbocycles. The molecule has 0 saturated heterocycles. The van der Waals surface area contributed by atoms with Gasteiger partial charge in [0.15, 0.2) is 0 Å². The van der Waals surface area contributed by atoms with E-state index in [0.717, 1.165) is 34.8 Å². The van der Waals surface area contributed by atoms with Crippen molar-refractivity contribution < 1.29 is 31.1 Å². The largest absolute Gasteiger partial charge is 0.494 e. The Morgan fingerprint density at radius 2 is 1.64 bits per heavy atom. The van der Waals surface area contributed by atoms with Crippen molar-refractivity contribution in [3.63, 3.8) is 0 Å². The molecule has 152 valence electrons. The Morgan fingerprint density at radius 1 is 1.07 bits per heavy atom. The summed E-state index contributed by atoms with van der Waals surface area (Å²) in [6.07, 6.45) is -3.67. The summed E-state index contributed by atoms with van der Waals surface area (Å²) in [5.41, 5.74) is -0.532. The first kappa shape index (κ1) is 21.5. The van der Waals surface area contributed by atoms with Crippen LogP contribution in [0.2, 0.25) is 0 Å². The monoisotopic (exact) mass is 416 g/mol. The summed E-state index contributed by atoms with van der Waals surface area (Å²) in [5, 5.41) is 2.54. The topological polar surface area (TPSA) is 75.7 Å². The number of benzene rings is 2. The van der Waals surface area contributed by atoms with Gasteiger partial charge < -0.3 is 10.1 Å². The van der Waals surface area contributed by atoms with Gasteiger partial charge in [0.25, 0.3) is 0 Å². The second-order valence-electron chi connectivity index (χ2n) is 5.82. The van der Waals surface area contributed by atoms with Crippen LogP contribution >= 0.6 is 0 Å². The molecule has 2 rings (SSSR count). The third kappa shape index (κ3) is 5.88. The van der Waals surface area contributed by atoms with Gasteiger partial charge in [0.2, 0.25) is 15.9 Å². The standard InChI is InChI=1S/C18H19F3N2O4S/c1-3-27-16-10-6-14(7-11-16)22-17(24)12-23(28(2,25)26)15-8-4-13(5-9-15)18(19,20)21/h4-11H,3,12H2,1-2H3,(H,22,24). The molecule has 0 aromatic heterocycles. The van der Waals surface area contributed by atoms with Crippen LogP contribution in [-0.2, 0) is 21.0 Å². The van der Waals surface area contributed by atoms with E-state index in [2.05, 4.69) is 5.32 Å². The van der Waals surface area contributed by atoms with Crippen molar-refractivity contribution in [3.05, 3.63) is 54.1 Å². The highest BCUT2D eigenvalue weighted by molar-refractivity contribution is 7.92. The smallest absolute Gasteiger partial charge is 0.416 e. The van der Waals surface area contributed by atoms with Crippen LogP contribution in [0.1, 0.15) is 12.5 Å². The van der Waals surface area contributed by atoms with E-state index in [1.54, 1.807) is 24.3 Å². The first-order chi connectivity index (χ1) is 13.0. The number of nitrogens with one attached hydrogen (secondary N) is 1. The van der Waals surface area contributed by atoms with Crippen molar-refractivity contribution in [1.29, 1.82) is 0 Å². The lowest BCUT2D eigenvalue weighted by atomic mass is 10.2. The van der Waals surface area contributed by atoms with Gasteiger partial charge >= 0.3 is 6.18 Å². The zero-order valence-electron chi connectivity index (χ0n) is 15.2. The molecule has 0 radical (unpaired) electrons. The van der Waals surface area contributed by atoms with Crippen molar-refractivity contribution in [3.8, 4) is 5.75 Å². The summed E-state index contributed by atoms with van der Waals surface area (Å²) in [6.45, 7) is 1.73. The van der Waals surface area contributed by atoms with Gasteiger partial charge in [0.05, 0.1) is 24.1 Å². The first-order valence-corrected chi connectivity index (χ1v) is 10.0. The summed E-state index contributed by atoms with van der Waals surface area (Å²) in [5.74, 6) is -0.0301. The second kappa shape index (κ2) is 8.51. The normalized spacial score (nSPS) is 11.8. The Labute approximate surface area is 161 Å². The van der Waals surface area contributed by atoms with E-state index >= 15 is 0 Å². The van der Waals surface area contributed by atoms with Gasteiger partial charge in [0.1, 0.15) is 12.3 Å². The molecule has 28 heavy (non-hydrogen) atoms. The van der Waals surface area contributed by atoms with Gasteiger partial charge in [-0.25, -0.2) is 8.42 Å². The average Bonchev–Trinajstić information content (AvgIpc) is 2.60. The zero-order valence-corrected chi connectivity index (χ0v) is 16.0. The number of nitrogens with zero attached hydrogens (tertiary/aromatic N) is 1. The molecule has 0 heterocycles. The fraction of sp³-hybridized carbons (Fsp3) is 0.278. The van der Waals surface area contributed by atoms with Crippen molar-refractivity contribution in [2.45, 2.75) is 13.1 Å². The fourth-order valence-corrected chi connectivity index (χ4v) is 3.21. The molecule has 10 heteroatoms. The Hall–Kier alpha value is -2.75. The minimum atomic E-state index is -4.54. The van der Waals surface area contributed by atoms with Crippen LogP contribution in [0.15, 0.2) is 48.5 Å². The molecule has 0 aliphatic heterocycles. The van der Waals surface area contributed by atoms with Gasteiger partial charge in [0, 0.05) is 5.69 Å². The van der Waals surface area contributed by atoms with E-state index in [4.69, 9.17) is 4.74 Å². The lowest BCUT2D eigenvalue weighted by Gasteiger charge is -2.22. The van der Waals surface area contributed by atoms with Crippen molar-refractivity contribution >= 4 is 27.3 Å². The van der Waals surface area contributed by atoms with Gasteiger partial charge in [-0.15, -0.1) is 0 Å². The summed E-state index contributed by atoms with van der Waals surface area (Å²) in [7, 11) is -3.90. The van der Waals surface area contributed by atoms with Crippen LogP contribution in [0.4, 0.5) is 24.5 Å². The quantitative estimate of drug-likeness (QED) is 0.750. The van der Waals surface area contributed by atoms with E-state index in [0.29, 0.717) is 18.0 Å². The van der Waals surface area contributed by atoms with Gasteiger partial charge in [-0.1, -0.05) is 0 Å². The molecule has 6 nitrogen and oxygen atoms in total. The number of carbonyl (C=O) groups is 1. The van der Waals surface area contributed by atoms with E-state index in [-0.39, 0.29) is 5.69 Å². The third-order valence-corrected chi connectivity index (χ3v) is 4.76. The highest BCUT2D eigenvalue weighted by Crippen LogP contribution is 2.31.